The smallest absolute Gasteiger partial charge is 0.297 e. The first-order chi connectivity index (χ1) is 7.61. The van der Waals surface area contributed by atoms with Crippen molar-refractivity contribution in [3.05, 3.63) is 52.0 Å². The van der Waals surface area contributed by atoms with Crippen LogP contribution in [-0.4, -0.2) is 14.5 Å². The molecule has 5 nitrogen and oxygen atoms in total. The lowest BCUT2D eigenvalue weighted by molar-refractivity contribution is -0.384. The minimum absolute atomic E-state index is 0.0184. The third-order valence-electron chi connectivity index (χ3n) is 2.45. The summed E-state index contributed by atoms with van der Waals surface area (Å²) in [6, 6.07) is 6.85. The highest BCUT2D eigenvalue weighted by atomic mass is 16.6. The van der Waals surface area contributed by atoms with Crippen LogP contribution in [0, 0.1) is 24.0 Å². The Hall–Kier alpha value is -2.17. The van der Waals surface area contributed by atoms with E-state index in [1.807, 2.05) is 26.0 Å². The molecule has 0 aliphatic carbocycles. The van der Waals surface area contributed by atoms with E-state index in [0.717, 1.165) is 11.4 Å². The summed E-state index contributed by atoms with van der Waals surface area (Å²) in [5.41, 5.74) is 1.88. The van der Waals surface area contributed by atoms with Crippen molar-refractivity contribution in [1.29, 1.82) is 0 Å². The first-order valence-corrected chi connectivity index (χ1v) is 4.86. The minimum atomic E-state index is -0.415. The Morgan fingerprint density at radius 2 is 1.88 bits per heavy atom. The highest BCUT2D eigenvalue weighted by Gasteiger charge is 2.17. The van der Waals surface area contributed by atoms with Crippen molar-refractivity contribution in [1.82, 2.24) is 9.55 Å². The van der Waals surface area contributed by atoms with Gasteiger partial charge in [0.2, 0.25) is 5.82 Å². The van der Waals surface area contributed by atoms with Crippen LogP contribution in [0.5, 0.6) is 0 Å². The second-order valence-electron chi connectivity index (χ2n) is 3.55. The van der Waals surface area contributed by atoms with Gasteiger partial charge in [0, 0.05) is 23.7 Å². The molecule has 0 spiro atoms. The van der Waals surface area contributed by atoms with Gasteiger partial charge in [-0.3, -0.25) is 14.7 Å². The van der Waals surface area contributed by atoms with Gasteiger partial charge in [0.05, 0.1) is 4.92 Å². The molecular formula is C11H11N3O2. The molecule has 0 atom stereocenters. The number of aromatic nitrogens is 2. The van der Waals surface area contributed by atoms with E-state index in [-0.39, 0.29) is 5.69 Å². The Morgan fingerprint density at radius 1 is 1.25 bits per heavy atom. The molecule has 16 heavy (non-hydrogen) atoms. The lowest BCUT2D eigenvalue weighted by Gasteiger charge is -2.07. The zero-order valence-corrected chi connectivity index (χ0v) is 9.04. The molecule has 0 saturated carbocycles. The Kier molecular flexibility index (Phi) is 2.44. The van der Waals surface area contributed by atoms with Crippen molar-refractivity contribution < 1.29 is 4.92 Å². The summed E-state index contributed by atoms with van der Waals surface area (Å²) < 4.78 is 1.78. The van der Waals surface area contributed by atoms with Crippen molar-refractivity contribution in [2.75, 3.05) is 0 Å². The third-order valence-corrected chi connectivity index (χ3v) is 2.45. The summed E-state index contributed by atoms with van der Waals surface area (Å²) in [4.78, 5) is 14.6. The molecule has 0 aliphatic heterocycles. The zero-order chi connectivity index (χ0) is 11.7. The maximum Gasteiger partial charge on any atom is 0.312 e. The molecule has 0 fully saturated rings. The van der Waals surface area contributed by atoms with Crippen LogP contribution in [0.2, 0.25) is 0 Å². The molecule has 2 rings (SSSR count). The molecule has 2 heterocycles. The van der Waals surface area contributed by atoms with E-state index in [1.165, 1.54) is 6.07 Å². The van der Waals surface area contributed by atoms with Gasteiger partial charge in [-0.25, -0.2) is 4.98 Å². The van der Waals surface area contributed by atoms with Crippen LogP contribution >= 0.6 is 0 Å². The lowest BCUT2D eigenvalue weighted by atomic mass is 10.3. The number of aryl methyl sites for hydroxylation is 2. The molecule has 5 heteroatoms. The number of nitro groups is 1. The second kappa shape index (κ2) is 3.77. The van der Waals surface area contributed by atoms with E-state index in [9.17, 15) is 10.1 Å². The SMILES string of the molecule is Cc1ccc(C)n1-c1ncccc1[N+](=O)[O-]. The van der Waals surface area contributed by atoms with Crippen LogP contribution in [0.3, 0.4) is 0 Å². The largest absolute Gasteiger partial charge is 0.312 e. The number of pyridine rings is 1. The van der Waals surface area contributed by atoms with Gasteiger partial charge in [-0.1, -0.05) is 0 Å². The quantitative estimate of drug-likeness (QED) is 0.573. The van der Waals surface area contributed by atoms with Gasteiger partial charge in [-0.15, -0.1) is 0 Å². The first-order valence-electron chi connectivity index (χ1n) is 4.86. The fourth-order valence-corrected chi connectivity index (χ4v) is 1.71. The van der Waals surface area contributed by atoms with Gasteiger partial charge in [0.25, 0.3) is 0 Å². The summed E-state index contributed by atoms with van der Waals surface area (Å²) >= 11 is 0. The summed E-state index contributed by atoms with van der Waals surface area (Å²) in [5, 5.41) is 10.9. The molecule has 2 aromatic heterocycles. The van der Waals surface area contributed by atoms with Gasteiger partial charge in [0.15, 0.2) is 0 Å². The highest BCUT2D eigenvalue weighted by Crippen LogP contribution is 2.23. The molecule has 0 unspecified atom stereocenters. The van der Waals surface area contributed by atoms with Crippen molar-refractivity contribution in [2.24, 2.45) is 0 Å². The predicted molar refractivity (Wildman–Crippen MR) is 59.7 cm³/mol. The predicted octanol–water partition coefficient (Wildman–Crippen LogP) is 2.40. The lowest BCUT2D eigenvalue weighted by Crippen LogP contribution is -2.05. The minimum Gasteiger partial charge on any atom is -0.297 e. The van der Waals surface area contributed by atoms with Crippen molar-refractivity contribution in [3.8, 4) is 5.82 Å². The molecule has 0 bridgehead atoms. The number of nitrogens with zero attached hydrogens (tertiary/aromatic N) is 3. The van der Waals surface area contributed by atoms with E-state index < -0.39 is 4.92 Å². The average Bonchev–Trinajstić information content (AvgIpc) is 2.58. The summed E-state index contributed by atoms with van der Waals surface area (Å²) in [7, 11) is 0. The number of hydrogen-bond donors (Lipinski definition) is 0. The van der Waals surface area contributed by atoms with E-state index in [0.29, 0.717) is 5.82 Å². The third kappa shape index (κ3) is 1.56. The van der Waals surface area contributed by atoms with E-state index in [2.05, 4.69) is 4.98 Å². The summed E-state index contributed by atoms with van der Waals surface area (Å²) in [6.45, 7) is 3.79. The molecule has 82 valence electrons. The molecule has 0 amide bonds. The van der Waals surface area contributed by atoms with E-state index in [4.69, 9.17) is 0 Å². The topological polar surface area (TPSA) is 61.0 Å². The maximum absolute atomic E-state index is 10.9. The van der Waals surface area contributed by atoms with Gasteiger partial charge < -0.3 is 0 Å². The van der Waals surface area contributed by atoms with Gasteiger partial charge in [0.1, 0.15) is 0 Å². The summed E-state index contributed by atoms with van der Waals surface area (Å²) in [6.07, 6.45) is 1.56. The second-order valence-corrected chi connectivity index (χ2v) is 3.55. The fourth-order valence-electron chi connectivity index (χ4n) is 1.71. The van der Waals surface area contributed by atoms with E-state index in [1.54, 1.807) is 16.8 Å². The molecule has 0 N–H and O–H groups in total. The molecule has 0 aromatic carbocycles. The highest BCUT2D eigenvalue weighted by molar-refractivity contribution is 5.48. The molecule has 0 radical (unpaired) electrons. The number of rotatable bonds is 2. The van der Waals surface area contributed by atoms with Crippen molar-refractivity contribution in [3.63, 3.8) is 0 Å². The van der Waals surface area contributed by atoms with Crippen LogP contribution in [0.1, 0.15) is 11.4 Å². The Labute approximate surface area is 92.5 Å². The van der Waals surface area contributed by atoms with Crippen LogP contribution in [-0.2, 0) is 0 Å². The maximum atomic E-state index is 10.9. The van der Waals surface area contributed by atoms with Crippen LogP contribution in [0.4, 0.5) is 5.69 Å². The zero-order valence-electron chi connectivity index (χ0n) is 9.04. The van der Waals surface area contributed by atoms with E-state index >= 15 is 0 Å². The molecule has 2 aromatic rings. The van der Waals surface area contributed by atoms with Crippen molar-refractivity contribution >= 4 is 5.69 Å². The molecule has 0 aliphatic rings. The van der Waals surface area contributed by atoms with Crippen LogP contribution < -0.4 is 0 Å². The average molecular weight is 217 g/mol. The molecular weight excluding hydrogens is 206 g/mol. The van der Waals surface area contributed by atoms with Crippen LogP contribution in [0.15, 0.2) is 30.5 Å². The van der Waals surface area contributed by atoms with Crippen molar-refractivity contribution in [2.45, 2.75) is 13.8 Å². The standard InChI is InChI=1S/C11H11N3O2/c1-8-5-6-9(2)13(8)11-10(14(15)16)4-3-7-12-11/h3-7H,1-2H3. The first kappa shape index (κ1) is 10.4. The van der Waals surface area contributed by atoms with Gasteiger partial charge >= 0.3 is 5.69 Å². The Balaban J connectivity index is 2.69. The molecule has 0 saturated heterocycles. The fraction of sp³-hybridized carbons (Fsp3) is 0.182. The van der Waals surface area contributed by atoms with Crippen LogP contribution in [0.25, 0.3) is 5.82 Å². The Bertz CT molecular complexity index is 526. The monoisotopic (exact) mass is 217 g/mol. The summed E-state index contributed by atoms with van der Waals surface area (Å²) in [5.74, 6) is 0.368. The Morgan fingerprint density at radius 3 is 2.44 bits per heavy atom. The van der Waals surface area contributed by atoms with Gasteiger partial charge in [-0.05, 0) is 32.0 Å². The normalized spacial score (nSPS) is 10.4. The number of hydrogen-bond acceptors (Lipinski definition) is 3. The van der Waals surface area contributed by atoms with Gasteiger partial charge in [-0.2, -0.15) is 0 Å².